The highest BCUT2D eigenvalue weighted by molar-refractivity contribution is 6.00. The minimum Gasteiger partial charge on any atom is -0.375 e. The van der Waals surface area contributed by atoms with Gasteiger partial charge in [-0.25, -0.2) is 0 Å². The second-order valence-electron chi connectivity index (χ2n) is 6.71. The number of aryl methyl sites for hydroxylation is 3. The summed E-state index contributed by atoms with van der Waals surface area (Å²) in [6.45, 7) is 6.96. The van der Waals surface area contributed by atoms with E-state index in [-0.39, 0.29) is 11.5 Å². The first-order valence-corrected chi connectivity index (χ1v) is 7.77. The first-order chi connectivity index (χ1) is 9.51. The van der Waals surface area contributed by atoms with E-state index in [1.54, 1.807) is 0 Å². The minimum absolute atomic E-state index is 0.0467. The first-order valence-electron chi connectivity index (χ1n) is 7.77. The van der Waals surface area contributed by atoms with E-state index in [1.807, 2.05) is 0 Å². The Bertz CT molecular complexity index is 517. The summed E-state index contributed by atoms with van der Waals surface area (Å²) in [5.74, 6) is 0.499. The Morgan fingerprint density at radius 3 is 2.40 bits per heavy atom. The SMILES string of the molecule is Cc1cc(C)c(C(=O)C2CCOC3(CCC3)C2)c(C)c1. The van der Waals surface area contributed by atoms with E-state index in [1.165, 1.54) is 12.0 Å². The zero-order valence-electron chi connectivity index (χ0n) is 12.8. The number of ketones is 1. The molecule has 3 rings (SSSR count). The van der Waals surface area contributed by atoms with Crippen LogP contribution < -0.4 is 0 Å². The monoisotopic (exact) mass is 272 g/mol. The molecule has 2 fully saturated rings. The molecule has 2 heteroatoms. The summed E-state index contributed by atoms with van der Waals surface area (Å²) in [5, 5.41) is 0. The highest BCUT2D eigenvalue weighted by Crippen LogP contribution is 2.45. The van der Waals surface area contributed by atoms with Crippen molar-refractivity contribution in [2.75, 3.05) is 6.61 Å². The van der Waals surface area contributed by atoms with Gasteiger partial charge in [0, 0.05) is 18.1 Å². The molecule has 2 aliphatic rings. The summed E-state index contributed by atoms with van der Waals surface area (Å²) < 4.78 is 5.95. The maximum atomic E-state index is 12.9. The predicted molar refractivity (Wildman–Crippen MR) is 80.2 cm³/mol. The number of carbonyl (C=O) groups is 1. The molecule has 1 aliphatic heterocycles. The van der Waals surface area contributed by atoms with Gasteiger partial charge in [0.05, 0.1) is 5.60 Å². The zero-order chi connectivity index (χ0) is 14.3. The number of hydrogen-bond acceptors (Lipinski definition) is 2. The lowest BCUT2D eigenvalue weighted by Gasteiger charge is -2.47. The van der Waals surface area contributed by atoms with Gasteiger partial charge in [0.1, 0.15) is 0 Å². The van der Waals surface area contributed by atoms with Gasteiger partial charge in [0.15, 0.2) is 5.78 Å². The molecule has 0 bridgehead atoms. The van der Waals surface area contributed by atoms with Gasteiger partial charge in [-0.3, -0.25) is 4.79 Å². The zero-order valence-corrected chi connectivity index (χ0v) is 12.8. The number of Topliss-reactive ketones (excluding diaryl/α,β-unsaturated/α-hetero) is 1. The van der Waals surface area contributed by atoms with Crippen LogP contribution in [0.15, 0.2) is 12.1 Å². The second kappa shape index (κ2) is 5.00. The summed E-state index contributed by atoms with van der Waals surface area (Å²) in [7, 11) is 0. The fourth-order valence-corrected chi connectivity index (χ4v) is 3.94. The van der Waals surface area contributed by atoms with Crippen LogP contribution in [-0.4, -0.2) is 18.0 Å². The molecule has 1 unspecified atom stereocenters. The average Bonchev–Trinajstić information content (AvgIpc) is 2.35. The van der Waals surface area contributed by atoms with Gasteiger partial charge in [-0.05, 0) is 64.0 Å². The summed E-state index contributed by atoms with van der Waals surface area (Å²) in [5.41, 5.74) is 4.49. The third-order valence-corrected chi connectivity index (χ3v) is 5.05. The number of hydrogen-bond donors (Lipinski definition) is 0. The highest BCUT2D eigenvalue weighted by atomic mass is 16.5. The predicted octanol–water partition coefficient (Wildman–Crippen LogP) is 4.14. The molecule has 0 N–H and O–H groups in total. The van der Waals surface area contributed by atoms with Crippen LogP contribution in [0.3, 0.4) is 0 Å². The van der Waals surface area contributed by atoms with Crippen molar-refractivity contribution in [1.82, 2.24) is 0 Å². The summed E-state index contributed by atoms with van der Waals surface area (Å²) in [6.07, 6.45) is 5.35. The smallest absolute Gasteiger partial charge is 0.166 e. The van der Waals surface area contributed by atoms with Crippen LogP contribution in [0.2, 0.25) is 0 Å². The molecule has 0 aromatic heterocycles. The minimum atomic E-state index is 0.0467. The maximum absolute atomic E-state index is 12.9. The molecule has 1 spiro atoms. The molecule has 108 valence electrons. The van der Waals surface area contributed by atoms with Crippen molar-refractivity contribution in [3.05, 3.63) is 34.4 Å². The van der Waals surface area contributed by atoms with E-state index in [2.05, 4.69) is 32.9 Å². The van der Waals surface area contributed by atoms with Crippen LogP contribution in [-0.2, 0) is 4.74 Å². The molecule has 20 heavy (non-hydrogen) atoms. The van der Waals surface area contributed by atoms with Gasteiger partial charge in [-0.15, -0.1) is 0 Å². The van der Waals surface area contributed by atoms with Crippen molar-refractivity contribution in [3.63, 3.8) is 0 Å². The first kappa shape index (κ1) is 13.8. The molecule has 0 amide bonds. The lowest BCUT2D eigenvalue weighted by atomic mass is 9.70. The van der Waals surface area contributed by atoms with Crippen LogP contribution in [0.4, 0.5) is 0 Å². The topological polar surface area (TPSA) is 26.3 Å². The van der Waals surface area contributed by atoms with Crippen molar-refractivity contribution in [2.45, 2.75) is 58.5 Å². The fourth-order valence-electron chi connectivity index (χ4n) is 3.94. The van der Waals surface area contributed by atoms with Crippen molar-refractivity contribution in [2.24, 2.45) is 5.92 Å². The molecular formula is C18H24O2. The summed E-state index contributed by atoms with van der Waals surface area (Å²) >= 11 is 0. The Morgan fingerprint density at radius 1 is 1.20 bits per heavy atom. The normalized spacial score (nSPS) is 24.4. The summed E-state index contributed by atoms with van der Waals surface area (Å²) in [6, 6.07) is 4.25. The van der Waals surface area contributed by atoms with E-state index in [4.69, 9.17) is 4.74 Å². The molecule has 1 saturated heterocycles. The summed E-state index contributed by atoms with van der Waals surface area (Å²) in [4.78, 5) is 12.9. The van der Waals surface area contributed by atoms with E-state index >= 15 is 0 Å². The third kappa shape index (κ3) is 2.31. The van der Waals surface area contributed by atoms with Crippen LogP contribution in [0.5, 0.6) is 0 Å². The van der Waals surface area contributed by atoms with E-state index in [0.29, 0.717) is 5.78 Å². The number of carbonyl (C=O) groups excluding carboxylic acids is 1. The average molecular weight is 272 g/mol. The van der Waals surface area contributed by atoms with Crippen LogP contribution in [0.25, 0.3) is 0 Å². The standard InChI is InChI=1S/C18H24O2/c1-12-9-13(2)16(14(3)10-12)17(19)15-5-8-20-18(11-15)6-4-7-18/h9-10,15H,4-8,11H2,1-3H3. The largest absolute Gasteiger partial charge is 0.375 e. The lowest BCUT2D eigenvalue weighted by Crippen LogP contribution is -2.47. The molecule has 0 radical (unpaired) electrons. The maximum Gasteiger partial charge on any atom is 0.166 e. The number of ether oxygens (including phenoxy) is 1. The Labute approximate surface area is 121 Å². The number of benzene rings is 1. The highest BCUT2D eigenvalue weighted by Gasteiger charge is 2.44. The van der Waals surface area contributed by atoms with Gasteiger partial charge in [0.2, 0.25) is 0 Å². The molecule has 1 aromatic carbocycles. The molecule has 1 aromatic rings. The Balaban J connectivity index is 1.85. The van der Waals surface area contributed by atoms with Crippen molar-refractivity contribution >= 4 is 5.78 Å². The quantitative estimate of drug-likeness (QED) is 0.756. The van der Waals surface area contributed by atoms with Crippen LogP contribution in [0, 0.1) is 26.7 Å². The van der Waals surface area contributed by atoms with Crippen LogP contribution >= 0.6 is 0 Å². The van der Waals surface area contributed by atoms with Crippen molar-refractivity contribution < 1.29 is 9.53 Å². The van der Waals surface area contributed by atoms with Gasteiger partial charge in [0.25, 0.3) is 0 Å². The van der Waals surface area contributed by atoms with Crippen molar-refractivity contribution in [3.8, 4) is 0 Å². The van der Waals surface area contributed by atoms with Gasteiger partial charge in [-0.2, -0.15) is 0 Å². The van der Waals surface area contributed by atoms with Gasteiger partial charge >= 0.3 is 0 Å². The van der Waals surface area contributed by atoms with Crippen molar-refractivity contribution in [1.29, 1.82) is 0 Å². The fraction of sp³-hybridized carbons (Fsp3) is 0.611. The Kier molecular flexibility index (Phi) is 3.45. The van der Waals surface area contributed by atoms with E-state index in [9.17, 15) is 4.79 Å². The Morgan fingerprint density at radius 2 is 1.85 bits per heavy atom. The van der Waals surface area contributed by atoms with E-state index in [0.717, 1.165) is 49.0 Å². The van der Waals surface area contributed by atoms with E-state index < -0.39 is 0 Å². The Hall–Kier alpha value is -1.15. The molecule has 2 nitrogen and oxygen atoms in total. The third-order valence-electron chi connectivity index (χ3n) is 5.05. The molecule has 1 aliphatic carbocycles. The lowest BCUT2D eigenvalue weighted by molar-refractivity contribution is -0.137. The molecular weight excluding hydrogens is 248 g/mol. The van der Waals surface area contributed by atoms with Crippen LogP contribution in [0.1, 0.15) is 59.2 Å². The molecule has 1 saturated carbocycles. The second-order valence-corrected chi connectivity index (χ2v) is 6.71. The van der Waals surface area contributed by atoms with Gasteiger partial charge in [-0.1, -0.05) is 17.7 Å². The molecule has 1 atom stereocenters. The number of rotatable bonds is 2. The molecule has 1 heterocycles. The van der Waals surface area contributed by atoms with Gasteiger partial charge < -0.3 is 4.74 Å².